The second kappa shape index (κ2) is 5.74. The van der Waals surface area contributed by atoms with Gasteiger partial charge in [0.2, 0.25) is 10.0 Å². The van der Waals surface area contributed by atoms with Crippen molar-refractivity contribution in [3.8, 4) is 0 Å². The molecule has 2 aliphatic carbocycles. The summed E-state index contributed by atoms with van der Waals surface area (Å²) in [4.78, 5) is -0.783. The maximum atomic E-state index is 14.4. The molecule has 1 saturated carbocycles. The van der Waals surface area contributed by atoms with E-state index in [9.17, 15) is 17.2 Å². The molecule has 0 unspecified atom stereocenters. The van der Waals surface area contributed by atoms with Gasteiger partial charge in [-0.2, -0.15) is 0 Å². The predicted molar refractivity (Wildman–Crippen MR) is 80.5 cm³/mol. The molecule has 3 nitrogen and oxygen atoms in total. The molecule has 0 amide bonds. The molecule has 6 heteroatoms. The van der Waals surface area contributed by atoms with Gasteiger partial charge in [-0.1, -0.05) is 18.4 Å². The number of primary sulfonamides is 1. The monoisotopic (exact) mass is 327 g/mol. The third kappa shape index (κ3) is 2.82. The average molecular weight is 327 g/mol. The van der Waals surface area contributed by atoms with Crippen LogP contribution in [-0.4, -0.2) is 8.42 Å². The molecule has 0 aliphatic heterocycles. The molecular weight excluding hydrogens is 308 g/mol. The number of nitrogens with two attached hydrogens (primary N) is 1. The highest BCUT2D eigenvalue weighted by Gasteiger charge is 2.28. The van der Waals surface area contributed by atoms with Gasteiger partial charge in [0.05, 0.1) is 0 Å². The van der Waals surface area contributed by atoms with Crippen molar-refractivity contribution in [1.29, 1.82) is 0 Å². The zero-order valence-corrected chi connectivity index (χ0v) is 13.1. The van der Waals surface area contributed by atoms with E-state index in [2.05, 4.69) is 0 Å². The third-order valence-corrected chi connectivity index (χ3v) is 5.69. The molecule has 2 aliphatic rings. The van der Waals surface area contributed by atoms with Crippen LogP contribution < -0.4 is 5.14 Å². The minimum Gasteiger partial charge on any atom is -0.225 e. The number of halogens is 2. The molecule has 0 bridgehead atoms. The summed E-state index contributed by atoms with van der Waals surface area (Å²) < 4.78 is 50.9. The Morgan fingerprint density at radius 2 is 1.68 bits per heavy atom. The second-order valence-electron chi connectivity index (χ2n) is 6.15. The molecule has 0 radical (unpaired) electrons. The van der Waals surface area contributed by atoms with Crippen LogP contribution in [0.4, 0.5) is 8.78 Å². The number of allylic oxidation sites excluding steroid dienone is 2. The van der Waals surface area contributed by atoms with Gasteiger partial charge in [0.1, 0.15) is 16.5 Å². The van der Waals surface area contributed by atoms with E-state index in [1.165, 1.54) is 18.4 Å². The summed E-state index contributed by atoms with van der Waals surface area (Å²) in [5, 5.41) is 4.91. The maximum Gasteiger partial charge on any atom is 0.241 e. The van der Waals surface area contributed by atoms with Gasteiger partial charge in [0.15, 0.2) is 0 Å². The average Bonchev–Trinajstić information content (AvgIpc) is 3.08. The van der Waals surface area contributed by atoms with Crippen molar-refractivity contribution in [2.45, 2.75) is 49.8 Å². The fraction of sp³-hybridized carbons (Fsp3) is 0.500. The van der Waals surface area contributed by atoms with E-state index in [0.29, 0.717) is 12.0 Å². The molecule has 0 spiro atoms. The molecule has 2 N–H and O–H groups in total. The van der Waals surface area contributed by atoms with Crippen LogP contribution in [0, 0.1) is 17.6 Å². The first-order valence-electron chi connectivity index (χ1n) is 7.62. The molecule has 1 aromatic rings. The van der Waals surface area contributed by atoms with Crippen molar-refractivity contribution in [3.63, 3.8) is 0 Å². The van der Waals surface area contributed by atoms with E-state index in [0.717, 1.165) is 43.7 Å². The standard InChI is InChI=1S/C16H19F2NO2S/c17-14-9-16(22(19,20)21)15(18)8-13(14)12-7-3-6-11(12)10-4-1-2-5-10/h8-10H,1-7H2,(H2,19,20,21). The molecule has 1 aromatic carbocycles. The lowest BCUT2D eigenvalue weighted by Crippen LogP contribution is -2.15. The number of rotatable bonds is 3. The maximum absolute atomic E-state index is 14.4. The first-order valence-corrected chi connectivity index (χ1v) is 9.16. The SMILES string of the molecule is NS(=O)(=O)c1cc(F)c(C2=C(C3CCCC3)CCC2)cc1F. The molecule has 0 aromatic heterocycles. The van der Waals surface area contributed by atoms with Crippen LogP contribution >= 0.6 is 0 Å². The van der Waals surface area contributed by atoms with E-state index in [4.69, 9.17) is 5.14 Å². The van der Waals surface area contributed by atoms with Gasteiger partial charge >= 0.3 is 0 Å². The van der Waals surface area contributed by atoms with Crippen molar-refractivity contribution in [2.24, 2.45) is 11.1 Å². The summed E-state index contributed by atoms with van der Waals surface area (Å²) in [6, 6.07) is 1.70. The molecule has 3 rings (SSSR count). The number of benzene rings is 1. The highest BCUT2D eigenvalue weighted by atomic mass is 32.2. The molecule has 0 saturated heterocycles. The van der Waals surface area contributed by atoms with Gasteiger partial charge in [-0.3, -0.25) is 0 Å². The molecule has 22 heavy (non-hydrogen) atoms. The zero-order valence-electron chi connectivity index (χ0n) is 12.2. The highest BCUT2D eigenvalue weighted by molar-refractivity contribution is 7.89. The van der Waals surface area contributed by atoms with Gasteiger partial charge in [-0.15, -0.1) is 0 Å². The lowest BCUT2D eigenvalue weighted by atomic mass is 9.91. The van der Waals surface area contributed by atoms with Gasteiger partial charge in [-0.25, -0.2) is 22.3 Å². The lowest BCUT2D eigenvalue weighted by molar-refractivity contribution is 0.552. The summed E-state index contributed by atoms with van der Waals surface area (Å²) >= 11 is 0. The topological polar surface area (TPSA) is 60.2 Å². The van der Waals surface area contributed by atoms with Crippen LogP contribution in [0.1, 0.15) is 50.5 Å². The largest absolute Gasteiger partial charge is 0.241 e. The van der Waals surface area contributed by atoms with Crippen LogP contribution in [0.3, 0.4) is 0 Å². The fourth-order valence-corrected chi connectivity index (χ4v) is 4.38. The Hall–Kier alpha value is -1.27. The van der Waals surface area contributed by atoms with Crippen LogP contribution in [0.2, 0.25) is 0 Å². The second-order valence-corrected chi connectivity index (χ2v) is 7.68. The predicted octanol–water partition coefficient (Wildman–Crippen LogP) is 3.74. The summed E-state index contributed by atoms with van der Waals surface area (Å²) in [5.74, 6) is -1.22. The van der Waals surface area contributed by atoms with Crippen molar-refractivity contribution in [1.82, 2.24) is 0 Å². The van der Waals surface area contributed by atoms with E-state index in [1.54, 1.807) is 0 Å². The summed E-state index contributed by atoms with van der Waals surface area (Å²) in [6.07, 6.45) is 7.18. The van der Waals surface area contributed by atoms with Crippen LogP contribution in [0.15, 0.2) is 22.6 Å². The number of hydrogen-bond acceptors (Lipinski definition) is 2. The van der Waals surface area contributed by atoms with Crippen LogP contribution in [0.25, 0.3) is 5.57 Å². The first kappa shape index (κ1) is 15.6. The fourth-order valence-electron chi connectivity index (χ4n) is 3.78. The molecule has 0 atom stereocenters. The van der Waals surface area contributed by atoms with Gasteiger partial charge in [0, 0.05) is 5.56 Å². The smallest absolute Gasteiger partial charge is 0.225 e. The number of hydrogen-bond donors (Lipinski definition) is 1. The van der Waals surface area contributed by atoms with Crippen molar-refractivity contribution in [3.05, 3.63) is 34.9 Å². The Balaban J connectivity index is 2.08. The van der Waals surface area contributed by atoms with E-state index in [1.807, 2.05) is 0 Å². The Morgan fingerprint density at radius 1 is 1.00 bits per heavy atom. The summed E-state index contributed by atoms with van der Waals surface area (Å²) in [7, 11) is -4.26. The highest BCUT2D eigenvalue weighted by Crippen LogP contribution is 2.44. The quantitative estimate of drug-likeness (QED) is 0.919. The molecular formula is C16H19F2NO2S. The van der Waals surface area contributed by atoms with E-state index >= 15 is 0 Å². The molecule has 0 heterocycles. The van der Waals surface area contributed by atoms with Gasteiger partial charge in [0.25, 0.3) is 0 Å². The Bertz CT molecular complexity index is 735. The lowest BCUT2D eigenvalue weighted by Gasteiger charge is -2.15. The van der Waals surface area contributed by atoms with Gasteiger partial charge in [-0.05, 0) is 55.7 Å². The van der Waals surface area contributed by atoms with E-state index in [-0.39, 0.29) is 5.56 Å². The Morgan fingerprint density at radius 3 is 2.32 bits per heavy atom. The van der Waals surface area contributed by atoms with E-state index < -0.39 is 26.6 Å². The molecule has 1 fully saturated rings. The van der Waals surface area contributed by atoms with Crippen LogP contribution in [-0.2, 0) is 10.0 Å². The van der Waals surface area contributed by atoms with Crippen LogP contribution in [0.5, 0.6) is 0 Å². The van der Waals surface area contributed by atoms with Crippen molar-refractivity contribution < 1.29 is 17.2 Å². The molecule has 120 valence electrons. The van der Waals surface area contributed by atoms with Crippen molar-refractivity contribution >= 4 is 15.6 Å². The Labute approximate surface area is 129 Å². The minimum atomic E-state index is -4.26. The summed E-state index contributed by atoms with van der Waals surface area (Å²) in [6.45, 7) is 0. The van der Waals surface area contributed by atoms with Gasteiger partial charge < -0.3 is 0 Å². The normalized spacial score (nSPS) is 20.1. The number of sulfonamides is 1. The zero-order chi connectivity index (χ0) is 15.9. The van der Waals surface area contributed by atoms with Crippen molar-refractivity contribution in [2.75, 3.05) is 0 Å². The first-order chi connectivity index (χ1) is 10.4. The third-order valence-electron chi connectivity index (χ3n) is 4.76. The Kier molecular flexibility index (Phi) is 4.07. The minimum absolute atomic E-state index is 0.198. The summed E-state index contributed by atoms with van der Waals surface area (Å²) in [5.41, 5.74) is 2.30.